The van der Waals surface area contributed by atoms with Crippen LogP contribution >= 0.6 is 24.0 Å². The summed E-state index contributed by atoms with van der Waals surface area (Å²) in [5, 5.41) is 8.82. The molecule has 0 aromatic heterocycles. The Hall–Kier alpha value is -1.55. The van der Waals surface area contributed by atoms with Crippen LogP contribution in [0.15, 0.2) is 29.3 Å². The van der Waals surface area contributed by atoms with Crippen LogP contribution in [0.3, 0.4) is 0 Å². The first-order valence-electron chi connectivity index (χ1n) is 9.42. The van der Waals surface area contributed by atoms with Crippen molar-refractivity contribution in [3.63, 3.8) is 0 Å². The molecule has 7 nitrogen and oxygen atoms in total. The topological polar surface area (TPSA) is 94.8 Å². The largest absolute Gasteiger partial charge is 0.370 e. The third-order valence-electron chi connectivity index (χ3n) is 4.49. The van der Waals surface area contributed by atoms with Crippen LogP contribution in [0.1, 0.15) is 39.2 Å². The van der Waals surface area contributed by atoms with Crippen LogP contribution < -0.4 is 21.7 Å². The van der Waals surface area contributed by atoms with Gasteiger partial charge in [-0.25, -0.2) is 9.79 Å². The van der Waals surface area contributed by atoms with Gasteiger partial charge in [0.25, 0.3) is 0 Å². The number of hydrogen-bond donors (Lipinski definition) is 4. The summed E-state index contributed by atoms with van der Waals surface area (Å²) in [7, 11) is 0. The lowest BCUT2D eigenvalue weighted by atomic mass is 10.2. The fraction of sp³-hybridized carbons (Fsp3) is 0.579. The van der Waals surface area contributed by atoms with Gasteiger partial charge in [0.05, 0.1) is 6.54 Å². The number of benzene rings is 1. The van der Waals surface area contributed by atoms with E-state index < -0.39 is 0 Å². The highest BCUT2D eigenvalue weighted by Crippen LogP contribution is 2.15. The van der Waals surface area contributed by atoms with E-state index >= 15 is 0 Å². The summed E-state index contributed by atoms with van der Waals surface area (Å²) in [6.45, 7) is 9.66. The number of urea groups is 1. The number of nitrogens with two attached hydrogens (primary N) is 1. The number of likely N-dealkylation sites (N-methyl/N-ethyl adjacent to an activating group) is 1. The first-order chi connectivity index (χ1) is 12.5. The molecule has 0 bridgehead atoms. The highest BCUT2D eigenvalue weighted by Gasteiger charge is 2.22. The molecule has 1 aromatic rings. The summed E-state index contributed by atoms with van der Waals surface area (Å²) in [6.07, 6.45) is 2.47. The Morgan fingerprint density at radius 3 is 2.67 bits per heavy atom. The molecule has 2 amide bonds. The van der Waals surface area contributed by atoms with E-state index in [0.717, 1.165) is 24.3 Å². The number of hydrogen-bond acceptors (Lipinski definition) is 3. The van der Waals surface area contributed by atoms with E-state index in [1.54, 1.807) is 0 Å². The molecule has 1 heterocycles. The minimum absolute atomic E-state index is 0. The predicted octanol–water partition coefficient (Wildman–Crippen LogP) is 2.72. The van der Waals surface area contributed by atoms with Gasteiger partial charge in [0, 0.05) is 24.3 Å². The maximum Gasteiger partial charge on any atom is 0.319 e. The Kier molecular flexibility index (Phi) is 10.5. The number of aliphatic imine (C=N–C) groups is 1. The number of guanidine groups is 1. The zero-order chi connectivity index (χ0) is 18.9. The van der Waals surface area contributed by atoms with E-state index in [4.69, 9.17) is 5.73 Å². The number of rotatable bonds is 7. The third kappa shape index (κ3) is 8.34. The second kappa shape index (κ2) is 12.0. The standard InChI is InChI=1S/C19H32N6O.HI/c1-4-25-11-5-6-17(25)13-22-18(20)21-12-15-7-9-16(10-8-15)24-19(26)23-14(2)3;/h7-10,14,17H,4-6,11-13H2,1-3H3,(H3,20,21,22)(H2,23,24,26);1H. The predicted molar refractivity (Wildman–Crippen MR) is 123 cm³/mol. The number of carbonyl (C=O) groups excluding carboxylic acids is 1. The van der Waals surface area contributed by atoms with Crippen molar-refractivity contribution in [1.29, 1.82) is 0 Å². The van der Waals surface area contributed by atoms with Gasteiger partial charge in [0.2, 0.25) is 0 Å². The normalized spacial score (nSPS) is 17.5. The SMILES string of the molecule is CCN1CCCC1CNC(N)=NCc1ccc(NC(=O)NC(C)C)cc1.I. The maximum atomic E-state index is 11.7. The Labute approximate surface area is 179 Å². The van der Waals surface area contributed by atoms with Crippen LogP contribution in [-0.4, -0.2) is 48.6 Å². The van der Waals surface area contributed by atoms with Crippen molar-refractivity contribution in [2.45, 2.75) is 52.2 Å². The van der Waals surface area contributed by atoms with Crippen molar-refractivity contribution in [2.24, 2.45) is 10.7 Å². The Morgan fingerprint density at radius 1 is 1.33 bits per heavy atom. The van der Waals surface area contributed by atoms with E-state index in [9.17, 15) is 4.79 Å². The number of carbonyl (C=O) groups is 1. The lowest BCUT2D eigenvalue weighted by Crippen LogP contribution is -2.42. The van der Waals surface area contributed by atoms with Gasteiger partial charge in [0.15, 0.2) is 5.96 Å². The molecule has 0 saturated carbocycles. The number of anilines is 1. The van der Waals surface area contributed by atoms with Gasteiger partial charge in [-0.3, -0.25) is 4.90 Å². The van der Waals surface area contributed by atoms with Crippen molar-refractivity contribution < 1.29 is 4.79 Å². The fourth-order valence-electron chi connectivity index (χ4n) is 3.12. The minimum Gasteiger partial charge on any atom is -0.370 e. The molecular weight excluding hydrogens is 455 g/mol. The van der Waals surface area contributed by atoms with Gasteiger partial charge in [-0.05, 0) is 57.5 Å². The van der Waals surface area contributed by atoms with Gasteiger partial charge >= 0.3 is 6.03 Å². The van der Waals surface area contributed by atoms with Crippen LogP contribution in [0, 0.1) is 0 Å². The molecule has 1 atom stereocenters. The quantitative estimate of drug-likeness (QED) is 0.270. The Balaban J connectivity index is 0.00000364. The lowest BCUT2D eigenvalue weighted by Gasteiger charge is -2.23. The molecular formula is C19H33IN6O. The first kappa shape index (κ1) is 23.5. The summed E-state index contributed by atoms with van der Waals surface area (Å²) in [5.41, 5.74) is 7.78. The average molecular weight is 488 g/mol. The van der Waals surface area contributed by atoms with Crippen LogP contribution in [-0.2, 0) is 6.54 Å². The molecule has 27 heavy (non-hydrogen) atoms. The highest BCUT2D eigenvalue weighted by atomic mass is 127. The van der Waals surface area contributed by atoms with Crippen molar-refractivity contribution in [1.82, 2.24) is 15.5 Å². The third-order valence-corrected chi connectivity index (χ3v) is 4.49. The fourth-order valence-corrected chi connectivity index (χ4v) is 3.12. The minimum atomic E-state index is -0.202. The van der Waals surface area contributed by atoms with E-state index in [1.807, 2.05) is 38.1 Å². The molecule has 2 rings (SSSR count). The zero-order valence-corrected chi connectivity index (χ0v) is 18.8. The van der Waals surface area contributed by atoms with Gasteiger partial charge in [-0.2, -0.15) is 0 Å². The molecule has 5 N–H and O–H groups in total. The molecule has 0 aliphatic carbocycles. The Morgan fingerprint density at radius 2 is 2.04 bits per heavy atom. The number of nitrogens with zero attached hydrogens (tertiary/aromatic N) is 2. The molecule has 1 saturated heterocycles. The molecule has 1 unspecified atom stereocenters. The summed E-state index contributed by atoms with van der Waals surface area (Å²) in [4.78, 5) is 18.6. The lowest BCUT2D eigenvalue weighted by molar-refractivity contribution is 0.250. The molecule has 0 radical (unpaired) electrons. The van der Waals surface area contributed by atoms with Crippen LogP contribution in [0.4, 0.5) is 10.5 Å². The number of nitrogens with one attached hydrogen (secondary N) is 3. The molecule has 1 aliphatic rings. The highest BCUT2D eigenvalue weighted by molar-refractivity contribution is 14.0. The average Bonchev–Trinajstić information content (AvgIpc) is 3.06. The molecule has 1 aromatic carbocycles. The molecule has 8 heteroatoms. The summed E-state index contributed by atoms with van der Waals surface area (Å²) in [5.74, 6) is 0.478. The maximum absolute atomic E-state index is 11.7. The van der Waals surface area contributed by atoms with E-state index in [-0.39, 0.29) is 36.0 Å². The zero-order valence-electron chi connectivity index (χ0n) is 16.5. The smallest absolute Gasteiger partial charge is 0.319 e. The summed E-state index contributed by atoms with van der Waals surface area (Å²) >= 11 is 0. The van der Waals surface area contributed by atoms with E-state index in [2.05, 4.69) is 32.8 Å². The molecule has 1 fully saturated rings. The summed E-state index contributed by atoms with van der Waals surface area (Å²) < 4.78 is 0. The second-order valence-corrected chi connectivity index (χ2v) is 6.96. The summed E-state index contributed by atoms with van der Waals surface area (Å²) in [6, 6.07) is 8.07. The van der Waals surface area contributed by atoms with Gasteiger partial charge < -0.3 is 21.7 Å². The van der Waals surface area contributed by atoms with Gasteiger partial charge in [-0.1, -0.05) is 19.1 Å². The van der Waals surface area contributed by atoms with E-state index in [1.165, 1.54) is 19.4 Å². The van der Waals surface area contributed by atoms with Crippen molar-refractivity contribution in [3.05, 3.63) is 29.8 Å². The van der Waals surface area contributed by atoms with Crippen LogP contribution in [0.5, 0.6) is 0 Å². The molecule has 152 valence electrons. The van der Waals surface area contributed by atoms with Crippen LogP contribution in [0.2, 0.25) is 0 Å². The van der Waals surface area contributed by atoms with Crippen molar-refractivity contribution in [3.8, 4) is 0 Å². The van der Waals surface area contributed by atoms with Crippen LogP contribution in [0.25, 0.3) is 0 Å². The first-order valence-corrected chi connectivity index (χ1v) is 9.42. The number of amides is 2. The number of halogens is 1. The monoisotopic (exact) mass is 488 g/mol. The van der Waals surface area contributed by atoms with Gasteiger partial charge in [0.1, 0.15) is 0 Å². The number of likely N-dealkylation sites (tertiary alicyclic amines) is 1. The van der Waals surface area contributed by atoms with Crippen molar-refractivity contribution in [2.75, 3.05) is 25.0 Å². The van der Waals surface area contributed by atoms with Crippen molar-refractivity contribution >= 4 is 41.7 Å². The van der Waals surface area contributed by atoms with Gasteiger partial charge in [-0.15, -0.1) is 24.0 Å². The molecule has 1 aliphatic heterocycles. The molecule has 0 spiro atoms. The van der Waals surface area contributed by atoms with E-state index in [0.29, 0.717) is 18.5 Å². The second-order valence-electron chi connectivity index (χ2n) is 6.96. The Bertz CT molecular complexity index is 605.